The summed E-state index contributed by atoms with van der Waals surface area (Å²) < 4.78 is 26.5. The third kappa shape index (κ3) is 6.23. The standard InChI is InChI=1S/C29H33N5O6S/c1-5-33(6-2)14-13-30-29(36)27-18(3)25(31-19(27)4)16-23-22-15-21(11-12-24(22)32-28(23)35)41(39,40)17-20-9-7-8-10-26(20)34(37)38/h7-12,15-16,31H,5-6,13-14,17H2,1-4H3,(H,30,36)(H,32,35)/b23-16-. The van der Waals surface area contributed by atoms with E-state index < -0.39 is 26.4 Å². The second-order valence-corrected chi connectivity index (χ2v) is 11.8. The molecule has 12 heteroatoms. The number of carbonyl (C=O) groups is 2. The number of aromatic amines is 1. The molecule has 2 aromatic carbocycles. The van der Waals surface area contributed by atoms with Gasteiger partial charge in [0.25, 0.3) is 17.5 Å². The minimum Gasteiger partial charge on any atom is -0.358 e. The van der Waals surface area contributed by atoms with E-state index in [1.54, 1.807) is 26.0 Å². The molecule has 0 fully saturated rings. The van der Waals surface area contributed by atoms with E-state index in [4.69, 9.17) is 0 Å². The van der Waals surface area contributed by atoms with E-state index in [0.29, 0.717) is 40.3 Å². The largest absolute Gasteiger partial charge is 0.358 e. The first-order valence-corrected chi connectivity index (χ1v) is 14.9. The third-order valence-electron chi connectivity index (χ3n) is 7.27. The summed E-state index contributed by atoms with van der Waals surface area (Å²) >= 11 is 0. The molecular weight excluding hydrogens is 546 g/mol. The Morgan fingerprint density at radius 2 is 1.83 bits per heavy atom. The molecule has 41 heavy (non-hydrogen) atoms. The second-order valence-electron chi connectivity index (χ2n) is 9.81. The zero-order chi connectivity index (χ0) is 29.9. The number of para-hydroxylation sites is 1. The molecule has 1 aliphatic heterocycles. The summed E-state index contributed by atoms with van der Waals surface area (Å²) in [5, 5.41) is 17.1. The summed E-state index contributed by atoms with van der Waals surface area (Å²) in [5.41, 5.74) is 3.23. The van der Waals surface area contributed by atoms with E-state index >= 15 is 0 Å². The van der Waals surface area contributed by atoms with Crippen LogP contribution in [-0.2, 0) is 20.4 Å². The first kappa shape index (κ1) is 29.7. The smallest absolute Gasteiger partial charge is 0.273 e. The second kappa shape index (κ2) is 12.1. The van der Waals surface area contributed by atoms with Gasteiger partial charge in [-0.05, 0) is 56.8 Å². The van der Waals surface area contributed by atoms with Crippen molar-refractivity contribution in [1.29, 1.82) is 0 Å². The summed E-state index contributed by atoms with van der Waals surface area (Å²) in [4.78, 5) is 42.0. The van der Waals surface area contributed by atoms with Crippen LogP contribution in [0.1, 0.15) is 52.3 Å². The van der Waals surface area contributed by atoms with Gasteiger partial charge in [-0.2, -0.15) is 0 Å². The number of hydrogen-bond donors (Lipinski definition) is 3. The molecule has 0 radical (unpaired) electrons. The lowest BCUT2D eigenvalue weighted by Crippen LogP contribution is -2.35. The Bertz CT molecular complexity index is 1650. The van der Waals surface area contributed by atoms with Gasteiger partial charge < -0.3 is 20.5 Å². The molecule has 1 aromatic heterocycles. The lowest BCUT2D eigenvalue weighted by atomic mass is 10.0. The molecule has 2 amide bonds. The number of nitrogens with one attached hydrogen (secondary N) is 3. The van der Waals surface area contributed by atoms with Gasteiger partial charge in [0, 0.05) is 47.4 Å². The summed E-state index contributed by atoms with van der Waals surface area (Å²) in [6.45, 7) is 10.7. The molecule has 4 rings (SSSR count). The number of nitrogens with zero attached hydrogens (tertiary/aromatic N) is 2. The number of amides is 2. The van der Waals surface area contributed by atoms with Gasteiger partial charge in [0.05, 0.1) is 26.7 Å². The Morgan fingerprint density at radius 1 is 1.12 bits per heavy atom. The number of anilines is 1. The van der Waals surface area contributed by atoms with E-state index in [0.717, 1.165) is 19.6 Å². The van der Waals surface area contributed by atoms with Crippen LogP contribution >= 0.6 is 0 Å². The molecular formula is C29H33N5O6S. The fourth-order valence-electron chi connectivity index (χ4n) is 4.96. The van der Waals surface area contributed by atoms with Crippen LogP contribution in [0.25, 0.3) is 11.6 Å². The number of aromatic nitrogens is 1. The van der Waals surface area contributed by atoms with Gasteiger partial charge in [0.2, 0.25) is 0 Å². The van der Waals surface area contributed by atoms with Crippen LogP contribution in [0.5, 0.6) is 0 Å². The lowest BCUT2D eigenvalue weighted by Gasteiger charge is -2.18. The maximum absolute atomic E-state index is 13.3. The van der Waals surface area contributed by atoms with Gasteiger partial charge in [-0.3, -0.25) is 19.7 Å². The Labute approximate surface area is 238 Å². The van der Waals surface area contributed by atoms with Gasteiger partial charge >= 0.3 is 0 Å². The van der Waals surface area contributed by atoms with Crippen molar-refractivity contribution in [3.05, 3.63) is 86.2 Å². The average molecular weight is 580 g/mol. The minimum atomic E-state index is -3.98. The Morgan fingerprint density at radius 3 is 2.51 bits per heavy atom. The number of fused-ring (bicyclic) bond motifs is 1. The molecule has 0 spiro atoms. The highest BCUT2D eigenvalue weighted by atomic mass is 32.2. The van der Waals surface area contributed by atoms with Crippen molar-refractivity contribution in [2.45, 2.75) is 38.3 Å². The number of benzene rings is 2. The fraction of sp³-hybridized carbons (Fsp3) is 0.310. The third-order valence-corrected chi connectivity index (χ3v) is 8.93. The van der Waals surface area contributed by atoms with E-state index in [9.17, 15) is 28.1 Å². The molecule has 0 aliphatic carbocycles. The molecule has 2 heterocycles. The van der Waals surface area contributed by atoms with Crippen molar-refractivity contribution in [2.75, 3.05) is 31.5 Å². The van der Waals surface area contributed by atoms with Crippen LogP contribution in [0.15, 0.2) is 47.4 Å². The fourth-order valence-corrected chi connectivity index (χ4v) is 6.36. The number of sulfone groups is 1. The maximum Gasteiger partial charge on any atom is 0.273 e. The first-order chi connectivity index (χ1) is 19.5. The number of H-pyrrole nitrogens is 1. The zero-order valence-corrected chi connectivity index (χ0v) is 24.2. The molecule has 1 aliphatic rings. The number of aryl methyl sites for hydroxylation is 1. The summed E-state index contributed by atoms with van der Waals surface area (Å²) in [7, 11) is -3.98. The predicted octanol–water partition coefficient (Wildman–Crippen LogP) is 4.08. The van der Waals surface area contributed by atoms with Crippen LogP contribution < -0.4 is 10.6 Å². The number of nitro groups is 1. The monoisotopic (exact) mass is 579 g/mol. The highest BCUT2D eigenvalue weighted by molar-refractivity contribution is 7.90. The minimum absolute atomic E-state index is 0.0653. The number of carbonyl (C=O) groups excluding carboxylic acids is 2. The van der Waals surface area contributed by atoms with Crippen molar-refractivity contribution < 1.29 is 22.9 Å². The molecule has 3 N–H and O–H groups in total. The quantitative estimate of drug-likeness (QED) is 0.176. The number of rotatable bonds is 11. The molecule has 11 nitrogen and oxygen atoms in total. The molecule has 0 saturated carbocycles. The lowest BCUT2D eigenvalue weighted by molar-refractivity contribution is -0.385. The highest BCUT2D eigenvalue weighted by Gasteiger charge is 2.29. The predicted molar refractivity (Wildman–Crippen MR) is 157 cm³/mol. The Kier molecular flexibility index (Phi) is 8.74. The molecule has 0 saturated heterocycles. The SMILES string of the molecule is CCN(CC)CCNC(=O)c1c(C)[nH]c(/C=C2\C(=O)Nc3ccc(S(=O)(=O)Cc4ccccc4[N+](=O)[O-])cc32)c1C. The topological polar surface area (TPSA) is 155 Å². The van der Waals surface area contributed by atoms with Crippen molar-refractivity contribution >= 4 is 44.7 Å². The number of likely N-dealkylation sites (N-methyl/N-ethyl adjacent to an activating group) is 1. The van der Waals surface area contributed by atoms with Crippen molar-refractivity contribution in [3.8, 4) is 0 Å². The summed E-state index contributed by atoms with van der Waals surface area (Å²) in [6, 6.07) is 9.96. The number of hydrogen-bond acceptors (Lipinski definition) is 7. The van der Waals surface area contributed by atoms with Gasteiger partial charge in [0.15, 0.2) is 9.84 Å². The highest BCUT2D eigenvalue weighted by Crippen LogP contribution is 2.36. The van der Waals surface area contributed by atoms with Crippen molar-refractivity contribution in [1.82, 2.24) is 15.2 Å². The Balaban J connectivity index is 1.63. The molecule has 216 valence electrons. The van der Waals surface area contributed by atoms with Crippen LogP contribution in [0.4, 0.5) is 11.4 Å². The first-order valence-electron chi connectivity index (χ1n) is 13.3. The van der Waals surface area contributed by atoms with Gasteiger partial charge in [-0.25, -0.2) is 8.42 Å². The average Bonchev–Trinajstić information content (AvgIpc) is 3.40. The Hall–Kier alpha value is -4.29. The number of nitro benzene ring substituents is 1. The van der Waals surface area contributed by atoms with Crippen LogP contribution in [0.3, 0.4) is 0 Å². The molecule has 0 atom stereocenters. The van der Waals surface area contributed by atoms with Gasteiger partial charge in [-0.15, -0.1) is 0 Å². The zero-order valence-electron chi connectivity index (χ0n) is 23.4. The van der Waals surface area contributed by atoms with Crippen molar-refractivity contribution in [3.63, 3.8) is 0 Å². The molecule has 3 aromatic rings. The maximum atomic E-state index is 13.3. The van der Waals surface area contributed by atoms with Crippen LogP contribution in [-0.4, -0.2) is 61.2 Å². The normalized spacial score (nSPS) is 13.9. The summed E-state index contributed by atoms with van der Waals surface area (Å²) in [5.74, 6) is -1.19. The van der Waals surface area contributed by atoms with E-state index in [2.05, 4.69) is 34.4 Å². The summed E-state index contributed by atoms with van der Waals surface area (Å²) in [6.07, 6.45) is 1.61. The van der Waals surface area contributed by atoms with Crippen LogP contribution in [0, 0.1) is 24.0 Å². The van der Waals surface area contributed by atoms with Crippen molar-refractivity contribution in [2.24, 2.45) is 0 Å². The van der Waals surface area contributed by atoms with Gasteiger partial charge in [-0.1, -0.05) is 32.0 Å². The van der Waals surface area contributed by atoms with Crippen LogP contribution in [0.2, 0.25) is 0 Å². The van der Waals surface area contributed by atoms with E-state index in [-0.39, 0.29) is 27.6 Å². The molecule has 0 bridgehead atoms. The molecule has 0 unspecified atom stereocenters. The van der Waals surface area contributed by atoms with Gasteiger partial charge in [0.1, 0.15) is 0 Å². The van der Waals surface area contributed by atoms with E-state index in [1.165, 1.54) is 36.4 Å². The van der Waals surface area contributed by atoms with E-state index in [1.807, 2.05) is 0 Å².